The van der Waals surface area contributed by atoms with Crippen LogP contribution in [0.3, 0.4) is 0 Å². The summed E-state index contributed by atoms with van der Waals surface area (Å²) in [6.45, 7) is 3.78. The summed E-state index contributed by atoms with van der Waals surface area (Å²) in [6.07, 6.45) is 0. The van der Waals surface area contributed by atoms with Crippen LogP contribution in [0.4, 0.5) is 0 Å². The Morgan fingerprint density at radius 2 is 1.57 bits per heavy atom. The molecule has 0 saturated carbocycles. The van der Waals surface area contributed by atoms with Crippen molar-refractivity contribution in [2.75, 3.05) is 0 Å². The summed E-state index contributed by atoms with van der Waals surface area (Å²) in [4.78, 5) is 0. The van der Waals surface area contributed by atoms with Crippen molar-refractivity contribution in [1.82, 2.24) is 0 Å². The molecule has 0 saturated heterocycles. The number of hydrogen-bond donors (Lipinski definition) is 0. The molecule has 1 rings (SSSR count). The molecule has 0 aromatic rings. The normalized spacial score (nSPS) is 18.0. The first-order valence-electron chi connectivity index (χ1n) is 2.24. The maximum atomic E-state index is 4.92. The average molecular weight is 97.9 g/mol. The van der Waals surface area contributed by atoms with Crippen LogP contribution in [0.1, 0.15) is 13.8 Å². The predicted molar refractivity (Wildman–Crippen MR) is 27.7 cm³/mol. The summed E-state index contributed by atoms with van der Waals surface area (Å²) in [6, 6.07) is 0. The molecule has 1 aliphatic heterocycles. The van der Waals surface area contributed by atoms with Crippen LogP contribution in [-0.2, 0) is 9.31 Å². The third-order valence-electron chi connectivity index (χ3n) is 1.05. The molecule has 7 heavy (non-hydrogen) atoms. The molecule has 0 unspecified atom stereocenters. The second kappa shape index (κ2) is 1.48. The number of rotatable bonds is 0. The average Bonchev–Trinajstić information content (AvgIpc) is 1.91. The quantitative estimate of drug-likeness (QED) is 0.412. The Balaban J connectivity index is 2.64. The molecule has 0 radical (unpaired) electrons. The van der Waals surface area contributed by atoms with Crippen LogP contribution in [0.5, 0.6) is 0 Å². The minimum Gasteiger partial charge on any atom is -0.529 e. The smallest absolute Gasteiger partial charge is 0.529 e. The molecule has 2 nitrogen and oxygen atoms in total. The first kappa shape index (κ1) is 4.56. The Hall–Kier alpha value is -0.595. The van der Waals surface area contributed by atoms with Gasteiger partial charge in [-0.2, -0.15) is 0 Å². The van der Waals surface area contributed by atoms with Crippen LogP contribution in [0.2, 0.25) is 0 Å². The molecule has 0 bridgehead atoms. The molecule has 0 atom stereocenters. The van der Waals surface area contributed by atoms with E-state index in [0.29, 0.717) is 7.69 Å². The van der Waals surface area contributed by atoms with E-state index >= 15 is 0 Å². The van der Waals surface area contributed by atoms with Crippen molar-refractivity contribution in [3.63, 3.8) is 0 Å². The Kier molecular flexibility index (Phi) is 0.967. The monoisotopic (exact) mass is 98.1 g/mol. The third kappa shape index (κ3) is 0.708. The maximum Gasteiger partial charge on any atom is 0.576 e. The summed E-state index contributed by atoms with van der Waals surface area (Å²) in [7, 11) is 0.400. The molecule has 1 aliphatic rings. The lowest BCUT2D eigenvalue weighted by Crippen LogP contribution is -1.86. The van der Waals surface area contributed by atoms with E-state index in [1.54, 1.807) is 0 Å². The van der Waals surface area contributed by atoms with Crippen molar-refractivity contribution in [2.45, 2.75) is 13.8 Å². The summed E-state index contributed by atoms with van der Waals surface area (Å²) >= 11 is 0. The van der Waals surface area contributed by atoms with Crippen LogP contribution in [0.25, 0.3) is 0 Å². The molecule has 0 aromatic heterocycles. The van der Waals surface area contributed by atoms with Gasteiger partial charge in [-0.05, 0) is 13.8 Å². The fraction of sp³-hybridized carbons (Fsp3) is 0.500. The molecular weight excluding hydrogens is 90.9 g/mol. The van der Waals surface area contributed by atoms with Gasteiger partial charge in [-0.1, -0.05) is 0 Å². The van der Waals surface area contributed by atoms with E-state index in [1.165, 1.54) is 0 Å². The van der Waals surface area contributed by atoms with Crippen molar-refractivity contribution in [1.29, 1.82) is 0 Å². The number of hydrogen-bond acceptors (Lipinski definition) is 2. The lowest BCUT2D eigenvalue weighted by molar-refractivity contribution is 0.411. The van der Waals surface area contributed by atoms with E-state index in [4.69, 9.17) is 9.31 Å². The predicted octanol–water partition coefficient (Wildman–Crippen LogP) is 0.551. The Morgan fingerprint density at radius 3 is 1.71 bits per heavy atom. The van der Waals surface area contributed by atoms with E-state index in [9.17, 15) is 0 Å². The van der Waals surface area contributed by atoms with Gasteiger partial charge in [0, 0.05) is 0 Å². The highest BCUT2D eigenvalue weighted by atomic mass is 16.6. The summed E-state index contributed by atoms with van der Waals surface area (Å²) in [5, 5.41) is 0. The zero-order valence-electron chi connectivity index (χ0n) is 4.52. The van der Waals surface area contributed by atoms with Crippen LogP contribution in [0, 0.1) is 0 Å². The molecule has 38 valence electrons. The van der Waals surface area contributed by atoms with E-state index in [-0.39, 0.29) is 0 Å². The van der Waals surface area contributed by atoms with Gasteiger partial charge in [0.15, 0.2) is 0 Å². The largest absolute Gasteiger partial charge is 0.576 e. The topological polar surface area (TPSA) is 18.5 Å². The molecule has 0 spiro atoms. The molecule has 0 N–H and O–H groups in total. The summed E-state index contributed by atoms with van der Waals surface area (Å²) in [5.74, 6) is 1.81. The molecule has 0 aliphatic carbocycles. The van der Waals surface area contributed by atoms with Gasteiger partial charge < -0.3 is 9.31 Å². The highest BCUT2D eigenvalue weighted by Crippen LogP contribution is 2.11. The fourth-order valence-electron chi connectivity index (χ4n) is 0.410. The third-order valence-corrected chi connectivity index (χ3v) is 1.05. The second-order valence-corrected chi connectivity index (χ2v) is 1.52. The maximum absolute atomic E-state index is 4.92. The summed E-state index contributed by atoms with van der Waals surface area (Å²) < 4.78 is 9.84. The van der Waals surface area contributed by atoms with E-state index in [2.05, 4.69) is 0 Å². The zero-order valence-corrected chi connectivity index (χ0v) is 4.52. The van der Waals surface area contributed by atoms with Crippen LogP contribution in [0.15, 0.2) is 11.5 Å². The Bertz CT molecular complexity index is 96.3. The first-order chi connectivity index (χ1) is 3.30. The van der Waals surface area contributed by atoms with Crippen LogP contribution < -0.4 is 0 Å². The van der Waals surface area contributed by atoms with Crippen molar-refractivity contribution in [3.05, 3.63) is 11.5 Å². The van der Waals surface area contributed by atoms with Crippen molar-refractivity contribution in [3.8, 4) is 0 Å². The van der Waals surface area contributed by atoms with Gasteiger partial charge in [-0.15, -0.1) is 0 Å². The SMILES string of the molecule is CC1=C(C)OBO1. The minimum absolute atomic E-state index is 0.400. The molecule has 0 fully saturated rings. The van der Waals surface area contributed by atoms with Crippen LogP contribution in [-0.4, -0.2) is 7.69 Å². The van der Waals surface area contributed by atoms with E-state index in [1.807, 2.05) is 13.8 Å². The second-order valence-electron chi connectivity index (χ2n) is 1.52. The molecule has 1 heterocycles. The van der Waals surface area contributed by atoms with Gasteiger partial charge in [0.05, 0.1) is 0 Å². The Morgan fingerprint density at radius 1 is 1.14 bits per heavy atom. The summed E-state index contributed by atoms with van der Waals surface area (Å²) in [5.41, 5.74) is 0. The highest BCUT2D eigenvalue weighted by molar-refractivity contribution is 6.20. The standard InChI is InChI=1S/C4H7BO2/c1-3-4(2)7-5-6-3/h5H,1-2H3. The van der Waals surface area contributed by atoms with E-state index < -0.39 is 0 Å². The van der Waals surface area contributed by atoms with E-state index in [0.717, 1.165) is 11.5 Å². The fourth-order valence-corrected chi connectivity index (χ4v) is 0.410. The van der Waals surface area contributed by atoms with Crippen molar-refractivity contribution >= 4 is 7.69 Å². The first-order valence-corrected chi connectivity index (χ1v) is 2.24. The lowest BCUT2D eigenvalue weighted by Gasteiger charge is -1.87. The van der Waals surface area contributed by atoms with Gasteiger partial charge in [0.1, 0.15) is 11.5 Å². The molecular formula is C4H7BO2. The lowest BCUT2D eigenvalue weighted by atomic mass is 10.4. The molecule has 0 aromatic carbocycles. The highest BCUT2D eigenvalue weighted by Gasteiger charge is 2.08. The minimum atomic E-state index is 0.400. The van der Waals surface area contributed by atoms with Gasteiger partial charge in [-0.3, -0.25) is 0 Å². The molecule has 0 amide bonds. The van der Waals surface area contributed by atoms with Crippen molar-refractivity contribution in [2.24, 2.45) is 0 Å². The van der Waals surface area contributed by atoms with Gasteiger partial charge in [-0.25, -0.2) is 0 Å². The molecule has 3 heteroatoms. The van der Waals surface area contributed by atoms with Crippen molar-refractivity contribution < 1.29 is 9.31 Å². The van der Waals surface area contributed by atoms with Gasteiger partial charge >= 0.3 is 7.69 Å². The zero-order chi connectivity index (χ0) is 5.28. The number of allylic oxidation sites excluding steroid dienone is 2. The van der Waals surface area contributed by atoms with Crippen LogP contribution >= 0.6 is 0 Å². The van der Waals surface area contributed by atoms with Gasteiger partial charge in [0.25, 0.3) is 0 Å². The van der Waals surface area contributed by atoms with Gasteiger partial charge in [0.2, 0.25) is 0 Å². The Labute approximate surface area is 43.4 Å².